The normalized spacial score (nSPS) is 14.0. The quantitative estimate of drug-likeness (QED) is 0.743. The van der Waals surface area contributed by atoms with Crippen molar-refractivity contribution in [3.05, 3.63) is 63.4 Å². The van der Waals surface area contributed by atoms with E-state index in [1.165, 1.54) is 17.0 Å². The number of hydrogen-bond donors (Lipinski definition) is 0. The van der Waals surface area contributed by atoms with Crippen LogP contribution in [-0.4, -0.2) is 12.5 Å². The zero-order chi connectivity index (χ0) is 15.0. The highest BCUT2D eigenvalue weighted by Crippen LogP contribution is 2.32. The third-order valence-corrected chi connectivity index (χ3v) is 4.32. The van der Waals surface area contributed by atoms with Crippen LogP contribution in [-0.2, 0) is 6.42 Å². The summed E-state index contributed by atoms with van der Waals surface area (Å²) in [5.74, 6) is -0.639. The lowest BCUT2D eigenvalue weighted by molar-refractivity contribution is 0.0984. The van der Waals surface area contributed by atoms with E-state index >= 15 is 0 Å². The van der Waals surface area contributed by atoms with E-state index in [1.807, 2.05) is 6.07 Å². The van der Waals surface area contributed by atoms with Crippen LogP contribution in [0.15, 0.2) is 36.4 Å². The van der Waals surface area contributed by atoms with Crippen molar-refractivity contribution >= 4 is 34.8 Å². The smallest absolute Gasteiger partial charge is 0.258 e. The van der Waals surface area contributed by atoms with E-state index in [2.05, 4.69) is 0 Å². The number of anilines is 1. The first-order valence-corrected chi connectivity index (χ1v) is 7.38. The maximum Gasteiger partial charge on any atom is 0.258 e. The van der Waals surface area contributed by atoms with Gasteiger partial charge in [0.05, 0.1) is 15.7 Å². The summed E-state index contributed by atoms with van der Waals surface area (Å²) in [6, 6.07) is 9.59. The molecule has 0 saturated carbocycles. The highest BCUT2D eigenvalue weighted by atomic mass is 35.5. The third kappa shape index (κ3) is 2.63. The van der Waals surface area contributed by atoms with E-state index in [0.29, 0.717) is 27.8 Å². The SMILES string of the molecule is O=C(c1ccc(Cl)c(Cl)c1)N1CCCc2cccc(F)c21. The van der Waals surface area contributed by atoms with Gasteiger partial charge in [0.1, 0.15) is 5.82 Å². The zero-order valence-electron chi connectivity index (χ0n) is 11.1. The Kier molecular flexibility index (Phi) is 3.87. The van der Waals surface area contributed by atoms with Gasteiger partial charge in [-0.15, -0.1) is 0 Å². The molecule has 1 aliphatic rings. The molecule has 0 fully saturated rings. The van der Waals surface area contributed by atoms with E-state index in [9.17, 15) is 9.18 Å². The third-order valence-electron chi connectivity index (χ3n) is 3.58. The molecule has 1 amide bonds. The Bertz CT molecular complexity index is 717. The summed E-state index contributed by atoms with van der Waals surface area (Å²) in [6.07, 6.45) is 1.59. The van der Waals surface area contributed by atoms with Crippen LogP contribution in [0.2, 0.25) is 10.0 Å². The van der Waals surface area contributed by atoms with Crippen molar-refractivity contribution < 1.29 is 9.18 Å². The van der Waals surface area contributed by atoms with E-state index in [-0.39, 0.29) is 11.7 Å². The summed E-state index contributed by atoms with van der Waals surface area (Å²) in [7, 11) is 0. The van der Waals surface area contributed by atoms with Gasteiger partial charge in [-0.2, -0.15) is 0 Å². The Hall–Kier alpha value is -1.58. The Morgan fingerprint density at radius 3 is 2.71 bits per heavy atom. The Balaban J connectivity index is 2.02. The van der Waals surface area contributed by atoms with Gasteiger partial charge in [0.2, 0.25) is 0 Å². The molecule has 1 heterocycles. The molecule has 3 rings (SSSR count). The van der Waals surface area contributed by atoms with Gasteiger partial charge in [0.15, 0.2) is 0 Å². The second-order valence-corrected chi connectivity index (χ2v) is 5.75. The van der Waals surface area contributed by atoms with E-state index < -0.39 is 0 Å². The maximum absolute atomic E-state index is 14.1. The lowest BCUT2D eigenvalue weighted by Crippen LogP contribution is -2.36. The molecule has 2 aromatic rings. The fraction of sp³-hybridized carbons (Fsp3) is 0.188. The molecular weight excluding hydrogens is 312 g/mol. The molecule has 0 N–H and O–H groups in total. The van der Waals surface area contributed by atoms with Crippen LogP contribution in [0, 0.1) is 5.82 Å². The van der Waals surface area contributed by atoms with Crippen LogP contribution < -0.4 is 4.90 Å². The number of hydrogen-bond acceptors (Lipinski definition) is 1. The van der Waals surface area contributed by atoms with Gasteiger partial charge in [-0.3, -0.25) is 4.79 Å². The summed E-state index contributed by atoms with van der Waals surface area (Å²) < 4.78 is 14.1. The largest absolute Gasteiger partial charge is 0.305 e. The number of amides is 1. The summed E-state index contributed by atoms with van der Waals surface area (Å²) in [4.78, 5) is 14.1. The molecule has 0 bridgehead atoms. The van der Waals surface area contributed by atoms with Crippen molar-refractivity contribution in [2.24, 2.45) is 0 Å². The number of para-hydroxylation sites is 1. The molecule has 0 aromatic heterocycles. The first-order chi connectivity index (χ1) is 10.1. The molecule has 5 heteroatoms. The summed E-state index contributed by atoms with van der Waals surface area (Å²) in [6.45, 7) is 0.493. The number of halogens is 3. The van der Waals surface area contributed by atoms with Crippen LogP contribution >= 0.6 is 23.2 Å². The second kappa shape index (κ2) is 5.66. The summed E-state index contributed by atoms with van der Waals surface area (Å²) in [5, 5.41) is 0.701. The minimum absolute atomic E-state index is 0.264. The molecule has 2 aromatic carbocycles. The molecule has 21 heavy (non-hydrogen) atoms. The van der Waals surface area contributed by atoms with Gasteiger partial charge in [-0.25, -0.2) is 4.39 Å². The van der Waals surface area contributed by atoms with Crippen LogP contribution in [0.1, 0.15) is 22.3 Å². The van der Waals surface area contributed by atoms with Gasteiger partial charge in [-0.05, 0) is 42.7 Å². The maximum atomic E-state index is 14.1. The monoisotopic (exact) mass is 323 g/mol. The number of fused-ring (bicyclic) bond motifs is 1. The minimum Gasteiger partial charge on any atom is -0.305 e. The molecular formula is C16H12Cl2FNO. The summed E-state index contributed by atoms with van der Waals surface area (Å²) >= 11 is 11.8. The molecule has 2 nitrogen and oxygen atoms in total. The number of nitrogens with zero attached hydrogens (tertiary/aromatic N) is 1. The van der Waals surface area contributed by atoms with Crippen LogP contribution in [0.25, 0.3) is 0 Å². The van der Waals surface area contributed by atoms with Crippen LogP contribution in [0.3, 0.4) is 0 Å². The van der Waals surface area contributed by atoms with Crippen LogP contribution in [0.4, 0.5) is 10.1 Å². The van der Waals surface area contributed by atoms with Crippen molar-refractivity contribution in [3.63, 3.8) is 0 Å². The van der Waals surface area contributed by atoms with Crippen molar-refractivity contribution in [3.8, 4) is 0 Å². The molecule has 1 aliphatic heterocycles. The van der Waals surface area contributed by atoms with Crippen molar-refractivity contribution in [1.82, 2.24) is 0 Å². The molecule has 0 unspecified atom stereocenters. The molecule has 0 atom stereocenters. The van der Waals surface area contributed by atoms with Crippen molar-refractivity contribution in [2.75, 3.05) is 11.4 Å². The Labute approximate surface area is 132 Å². The average molecular weight is 324 g/mol. The summed E-state index contributed by atoms with van der Waals surface area (Å²) in [5.41, 5.74) is 1.63. The van der Waals surface area contributed by atoms with Gasteiger partial charge < -0.3 is 4.90 Å². The second-order valence-electron chi connectivity index (χ2n) is 4.94. The highest BCUT2D eigenvalue weighted by Gasteiger charge is 2.26. The lowest BCUT2D eigenvalue weighted by Gasteiger charge is -2.30. The van der Waals surface area contributed by atoms with Crippen molar-refractivity contribution in [1.29, 1.82) is 0 Å². The minimum atomic E-state index is -0.374. The molecule has 108 valence electrons. The van der Waals surface area contributed by atoms with Gasteiger partial charge >= 0.3 is 0 Å². The fourth-order valence-electron chi connectivity index (χ4n) is 2.59. The number of rotatable bonds is 1. The fourth-order valence-corrected chi connectivity index (χ4v) is 2.89. The molecule has 0 saturated heterocycles. The number of carbonyl (C=O) groups excluding carboxylic acids is 1. The van der Waals surface area contributed by atoms with Gasteiger partial charge in [0, 0.05) is 12.1 Å². The molecule has 0 radical (unpaired) electrons. The number of aryl methyl sites for hydroxylation is 1. The first-order valence-electron chi connectivity index (χ1n) is 6.62. The Morgan fingerprint density at radius 2 is 1.95 bits per heavy atom. The predicted molar refractivity (Wildman–Crippen MR) is 82.9 cm³/mol. The van der Waals surface area contributed by atoms with Gasteiger partial charge in [0.25, 0.3) is 5.91 Å². The van der Waals surface area contributed by atoms with E-state index in [1.54, 1.807) is 18.2 Å². The predicted octanol–water partition coefficient (Wildman–Crippen LogP) is 4.73. The van der Waals surface area contributed by atoms with E-state index in [4.69, 9.17) is 23.2 Å². The van der Waals surface area contributed by atoms with Crippen LogP contribution in [0.5, 0.6) is 0 Å². The zero-order valence-corrected chi connectivity index (χ0v) is 12.6. The number of benzene rings is 2. The Morgan fingerprint density at radius 1 is 1.14 bits per heavy atom. The first kappa shape index (κ1) is 14.4. The average Bonchev–Trinajstić information content (AvgIpc) is 2.49. The van der Waals surface area contributed by atoms with Crippen molar-refractivity contribution in [2.45, 2.75) is 12.8 Å². The number of carbonyl (C=O) groups is 1. The molecule has 0 aliphatic carbocycles. The highest BCUT2D eigenvalue weighted by molar-refractivity contribution is 6.42. The van der Waals surface area contributed by atoms with E-state index in [0.717, 1.165) is 18.4 Å². The topological polar surface area (TPSA) is 20.3 Å². The standard InChI is InChI=1S/C16H12Cl2FNO/c17-12-7-6-11(9-13(12)18)16(21)20-8-2-4-10-3-1-5-14(19)15(10)20/h1,3,5-7,9H,2,4,8H2. The lowest BCUT2D eigenvalue weighted by atomic mass is 10.0. The van der Waals surface area contributed by atoms with Gasteiger partial charge in [-0.1, -0.05) is 35.3 Å². The molecule has 0 spiro atoms.